The average Bonchev–Trinajstić information content (AvgIpc) is 3.40. The van der Waals surface area contributed by atoms with E-state index in [1.54, 1.807) is 0 Å². The number of esters is 1. The Bertz CT molecular complexity index is 1090. The monoisotopic (exact) mass is 412 g/mol. The van der Waals surface area contributed by atoms with Crippen LogP contribution in [0.5, 0.6) is 0 Å². The summed E-state index contributed by atoms with van der Waals surface area (Å²) in [7, 11) is 2.41. The zero-order valence-corrected chi connectivity index (χ0v) is 16.7. The van der Waals surface area contributed by atoms with E-state index in [9.17, 15) is 9.90 Å². The summed E-state index contributed by atoms with van der Waals surface area (Å²) in [6.45, 7) is 0. The number of carbonyl (C=O) groups excluding carboxylic acids is 1. The molecule has 142 valence electrons. The molecule has 1 N–H and O–H groups in total. The van der Waals surface area contributed by atoms with Gasteiger partial charge in [-0.1, -0.05) is 12.1 Å². The number of nitrogens with zero attached hydrogens (tertiary/aromatic N) is 1. The van der Waals surface area contributed by atoms with Crippen LogP contribution in [0.1, 0.15) is 16.2 Å². The minimum absolute atomic E-state index is 0.153. The quantitative estimate of drug-likeness (QED) is 0.472. The van der Waals surface area contributed by atoms with Crippen LogP contribution < -0.4 is 0 Å². The lowest BCUT2D eigenvalue weighted by molar-refractivity contribution is -1.02. The fourth-order valence-electron chi connectivity index (χ4n) is 9.42. The number of thiophene rings is 2. The number of likely N-dealkylation sites (N-methyl/N-ethyl adjacent to an activating group) is 1. The van der Waals surface area contributed by atoms with Crippen molar-refractivity contribution in [2.75, 3.05) is 7.05 Å². The minimum Gasteiger partial charge on any atom is -0.455 e. The van der Waals surface area contributed by atoms with Gasteiger partial charge < -0.3 is 19.1 Å². The van der Waals surface area contributed by atoms with E-state index in [0.717, 1.165) is 6.42 Å². The summed E-state index contributed by atoms with van der Waals surface area (Å²) < 4.78 is 13.8. The van der Waals surface area contributed by atoms with Crippen LogP contribution >= 0.6 is 22.7 Å². The van der Waals surface area contributed by atoms with Gasteiger partial charge in [0.25, 0.3) is 0 Å². The first-order valence-electron chi connectivity index (χ1n) is 10.1. The van der Waals surface area contributed by atoms with Crippen molar-refractivity contribution in [3.63, 3.8) is 0 Å². The molecule has 4 saturated heterocycles. The maximum absolute atomic E-state index is 13.6. The minimum atomic E-state index is -1.70. The number of piperidine rings is 4. The van der Waals surface area contributed by atoms with E-state index in [4.69, 9.17) is 9.47 Å². The molecule has 0 aromatic carbocycles. The van der Waals surface area contributed by atoms with Gasteiger partial charge in [-0.05, 0) is 22.9 Å². The Kier molecular flexibility index (Phi) is 1.86. The van der Waals surface area contributed by atoms with E-state index in [-0.39, 0.29) is 11.2 Å². The lowest BCUT2D eigenvalue weighted by Crippen LogP contribution is -2.79. The summed E-state index contributed by atoms with van der Waals surface area (Å²) in [6, 6.07) is 9.19. The molecule has 7 heteroatoms. The van der Waals surface area contributed by atoms with E-state index >= 15 is 0 Å². The fraction of sp³-hybridized carbons (Fsp3) is 0.571. The largest absolute Gasteiger partial charge is 0.455 e. The van der Waals surface area contributed by atoms with Crippen LogP contribution in [0.15, 0.2) is 35.0 Å². The van der Waals surface area contributed by atoms with Crippen molar-refractivity contribution < 1.29 is 23.9 Å². The molecule has 4 aliphatic heterocycles. The molecule has 10 atom stereocenters. The Morgan fingerprint density at radius 3 is 2.64 bits per heavy atom. The van der Waals surface area contributed by atoms with Crippen molar-refractivity contribution in [2.24, 2.45) is 17.3 Å². The van der Waals surface area contributed by atoms with Crippen molar-refractivity contribution in [1.82, 2.24) is 0 Å². The van der Waals surface area contributed by atoms with Gasteiger partial charge in [0.15, 0.2) is 5.60 Å². The van der Waals surface area contributed by atoms with Gasteiger partial charge >= 0.3 is 5.97 Å². The van der Waals surface area contributed by atoms with Crippen LogP contribution in [-0.4, -0.2) is 58.0 Å². The van der Waals surface area contributed by atoms with Gasteiger partial charge in [-0.2, -0.15) is 0 Å². The van der Waals surface area contributed by atoms with E-state index in [0.29, 0.717) is 51.2 Å². The summed E-state index contributed by atoms with van der Waals surface area (Å²) in [6.07, 6.45) is 1.31. The smallest absolute Gasteiger partial charge is 0.350 e. The standard InChI is InChI=1S/C21H18NO4S2/c1-22-9-8-18(12-13(18)19(14(12)22)16(22)21(19)15(9)25-21)26-17(23)20(24,10-4-2-6-27-10)11-5-3-7-28-11/h2-7,9,12-16,24H,8H2,1H3/q+1. The zero-order valence-electron chi connectivity index (χ0n) is 15.1. The highest BCUT2D eigenvalue weighted by Crippen LogP contribution is 3.07. The van der Waals surface area contributed by atoms with Gasteiger partial charge in [-0.15, -0.1) is 22.7 Å². The van der Waals surface area contributed by atoms with Gasteiger partial charge in [-0.3, -0.25) is 0 Å². The van der Waals surface area contributed by atoms with Gasteiger partial charge in [0.05, 0.1) is 22.7 Å². The number of fused-ring (bicyclic) bond motifs is 2. The van der Waals surface area contributed by atoms with Crippen LogP contribution in [0, 0.1) is 17.3 Å². The highest BCUT2D eigenvalue weighted by atomic mass is 32.1. The highest BCUT2D eigenvalue weighted by Gasteiger charge is 3.26. The number of aliphatic hydroxyl groups is 1. The molecule has 10 unspecified atom stereocenters. The van der Waals surface area contributed by atoms with E-state index in [1.807, 2.05) is 35.0 Å². The molecule has 2 aromatic heterocycles. The van der Waals surface area contributed by atoms with Crippen LogP contribution in [0.4, 0.5) is 0 Å². The van der Waals surface area contributed by atoms with Gasteiger partial charge in [0, 0.05) is 12.3 Å². The van der Waals surface area contributed by atoms with Gasteiger partial charge in [0.1, 0.15) is 35.2 Å². The number of epoxide rings is 1. The third-order valence-electron chi connectivity index (χ3n) is 9.91. The lowest BCUT2D eigenvalue weighted by Gasteiger charge is -2.62. The summed E-state index contributed by atoms with van der Waals surface area (Å²) in [5, 5.41) is 15.4. The fourth-order valence-corrected chi connectivity index (χ4v) is 11.1. The number of quaternary nitrogens is 1. The maximum Gasteiger partial charge on any atom is 0.350 e. The van der Waals surface area contributed by atoms with Crippen LogP contribution in [0.3, 0.4) is 0 Å². The Morgan fingerprint density at radius 1 is 1.32 bits per heavy atom. The average molecular weight is 413 g/mol. The Labute approximate surface area is 169 Å². The summed E-state index contributed by atoms with van der Waals surface area (Å²) in [5.74, 6) is 0.466. The van der Waals surface area contributed by atoms with Crippen LogP contribution in [0.2, 0.25) is 0 Å². The van der Waals surface area contributed by atoms with E-state index in [1.165, 1.54) is 27.2 Å². The maximum atomic E-state index is 13.6. The second-order valence-electron chi connectivity index (χ2n) is 10.1. The molecule has 2 aromatic rings. The molecule has 9 rings (SSSR count). The topological polar surface area (TPSA) is 59.1 Å². The van der Waals surface area contributed by atoms with Crippen LogP contribution in [0.25, 0.3) is 0 Å². The predicted molar refractivity (Wildman–Crippen MR) is 99.6 cm³/mol. The predicted octanol–water partition coefficient (Wildman–Crippen LogP) is 1.71. The molecule has 3 saturated carbocycles. The second-order valence-corrected chi connectivity index (χ2v) is 12.0. The number of hydrogen-bond donors (Lipinski definition) is 1. The SMILES string of the molecule is C[N+]12C3CC4(OC(=O)C(O)(c5cccs5)c5cccs5)C5C4C4(C51)C2C41OC31. The molecule has 7 fully saturated rings. The van der Waals surface area contributed by atoms with Crippen molar-refractivity contribution in [1.29, 1.82) is 0 Å². The second kappa shape index (κ2) is 3.54. The third-order valence-corrected chi connectivity index (χ3v) is 11.9. The molecule has 3 aliphatic carbocycles. The molecule has 6 heterocycles. The number of ether oxygens (including phenoxy) is 2. The van der Waals surface area contributed by atoms with Crippen molar-refractivity contribution in [3.8, 4) is 0 Å². The summed E-state index contributed by atoms with van der Waals surface area (Å²) in [4.78, 5) is 14.8. The molecule has 2 spiro atoms. The molecule has 5 nitrogen and oxygen atoms in total. The number of rotatable bonds is 4. The van der Waals surface area contributed by atoms with Gasteiger partial charge in [-0.25, -0.2) is 4.79 Å². The summed E-state index contributed by atoms with van der Waals surface area (Å²) in [5.41, 5.74) is -1.58. The zero-order chi connectivity index (χ0) is 18.5. The van der Waals surface area contributed by atoms with Gasteiger partial charge in [0.2, 0.25) is 5.60 Å². The molecule has 0 radical (unpaired) electrons. The van der Waals surface area contributed by atoms with Crippen molar-refractivity contribution in [3.05, 3.63) is 44.8 Å². The van der Waals surface area contributed by atoms with Crippen LogP contribution in [-0.2, 0) is 19.9 Å². The Hall–Kier alpha value is -1.25. The number of hydrogen-bond acceptors (Lipinski definition) is 6. The normalized spacial score (nSPS) is 58.8. The lowest BCUT2D eigenvalue weighted by atomic mass is 9.63. The third kappa shape index (κ3) is 0.957. The Morgan fingerprint density at radius 2 is 2.04 bits per heavy atom. The van der Waals surface area contributed by atoms with Crippen molar-refractivity contribution in [2.45, 2.75) is 47.5 Å². The summed E-state index contributed by atoms with van der Waals surface area (Å²) >= 11 is 2.81. The first-order valence-corrected chi connectivity index (χ1v) is 11.8. The highest BCUT2D eigenvalue weighted by molar-refractivity contribution is 7.12. The number of carbonyl (C=O) groups is 1. The Balaban J connectivity index is 1.14. The first-order chi connectivity index (χ1) is 13.5. The van der Waals surface area contributed by atoms with E-state index in [2.05, 4.69) is 7.05 Å². The molecular formula is C21H18NO4S2+. The molecule has 7 aliphatic rings. The molecule has 28 heavy (non-hydrogen) atoms. The molecule has 0 amide bonds. The number of morpholine rings is 1. The molecular weight excluding hydrogens is 394 g/mol. The molecule has 0 bridgehead atoms. The first kappa shape index (κ1) is 14.7. The van der Waals surface area contributed by atoms with E-state index < -0.39 is 11.6 Å². The van der Waals surface area contributed by atoms with Crippen molar-refractivity contribution >= 4 is 28.6 Å².